The van der Waals surface area contributed by atoms with Crippen LogP contribution in [0.5, 0.6) is 0 Å². The zero-order valence-electron chi connectivity index (χ0n) is 13.5. The van der Waals surface area contributed by atoms with E-state index in [1.54, 1.807) is 5.70 Å². The second kappa shape index (κ2) is 7.00. The number of nitrogens with zero attached hydrogens (tertiary/aromatic N) is 1. The lowest BCUT2D eigenvalue weighted by Crippen LogP contribution is -2.32. The van der Waals surface area contributed by atoms with Gasteiger partial charge >= 0.3 is 0 Å². The summed E-state index contributed by atoms with van der Waals surface area (Å²) in [6, 6.07) is 0.862. The van der Waals surface area contributed by atoms with Gasteiger partial charge < -0.3 is 4.90 Å². The van der Waals surface area contributed by atoms with Crippen LogP contribution in [-0.4, -0.2) is 18.0 Å². The van der Waals surface area contributed by atoms with Crippen LogP contribution in [0.15, 0.2) is 11.3 Å². The fourth-order valence-corrected chi connectivity index (χ4v) is 4.96. The van der Waals surface area contributed by atoms with Gasteiger partial charge in [-0.15, -0.1) is 0 Å². The zero-order valence-corrected chi connectivity index (χ0v) is 13.5. The van der Waals surface area contributed by atoms with Crippen molar-refractivity contribution in [2.75, 3.05) is 7.05 Å². The van der Waals surface area contributed by atoms with Crippen LogP contribution in [0, 0.1) is 5.92 Å². The van der Waals surface area contributed by atoms with E-state index in [0.717, 1.165) is 12.0 Å². The van der Waals surface area contributed by atoms with Gasteiger partial charge in [-0.05, 0) is 44.1 Å². The largest absolute Gasteiger partial charge is 0.374 e. The van der Waals surface area contributed by atoms with Crippen molar-refractivity contribution in [2.24, 2.45) is 5.92 Å². The highest BCUT2D eigenvalue weighted by molar-refractivity contribution is 5.26. The van der Waals surface area contributed by atoms with Gasteiger partial charge in [-0.1, -0.05) is 51.4 Å². The monoisotopic (exact) mass is 275 g/mol. The number of fused-ring (bicyclic) bond motifs is 2. The maximum Gasteiger partial charge on any atom is 0.0349 e. The molecule has 1 nitrogen and oxygen atoms in total. The Morgan fingerprint density at radius 3 is 2.10 bits per heavy atom. The Hall–Kier alpha value is -0.460. The molecule has 0 bridgehead atoms. The molecular formula is C19H33N. The fraction of sp³-hybridized carbons (Fsp3) is 0.895. The van der Waals surface area contributed by atoms with E-state index in [-0.39, 0.29) is 0 Å². The first-order chi connectivity index (χ1) is 9.88. The molecule has 3 aliphatic rings. The molecule has 114 valence electrons. The van der Waals surface area contributed by atoms with Gasteiger partial charge in [0.15, 0.2) is 0 Å². The lowest BCUT2D eigenvalue weighted by atomic mass is 9.81. The molecule has 0 aromatic rings. The van der Waals surface area contributed by atoms with E-state index in [0.29, 0.717) is 0 Å². The summed E-state index contributed by atoms with van der Waals surface area (Å²) in [5, 5.41) is 0. The molecule has 1 saturated carbocycles. The summed E-state index contributed by atoms with van der Waals surface area (Å²) < 4.78 is 0. The summed E-state index contributed by atoms with van der Waals surface area (Å²) in [6.45, 7) is 0. The maximum absolute atomic E-state index is 2.73. The molecule has 1 fully saturated rings. The SMILES string of the molecule is CN1C2=C(CCCCCCCC2)C2CCCCCCC21. The molecule has 0 N–H and O–H groups in total. The molecule has 1 heterocycles. The van der Waals surface area contributed by atoms with E-state index < -0.39 is 0 Å². The Morgan fingerprint density at radius 1 is 0.700 bits per heavy atom. The minimum atomic E-state index is 0.862. The highest BCUT2D eigenvalue weighted by Crippen LogP contribution is 2.44. The van der Waals surface area contributed by atoms with Crippen molar-refractivity contribution in [2.45, 2.75) is 95.9 Å². The number of hydrogen-bond donors (Lipinski definition) is 0. The van der Waals surface area contributed by atoms with Gasteiger partial charge in [-0.2, -0.15) is 0 Å². The summed E-state index contributed by atoms with van der Waals surface area (Å²) in [5.41, 5.74) is 3.69. The first-order valence-electron chi connectivity index (χ1n) is 9.32. The Kier molecular flexibility index (Phi) is 5.07. The van der Waals surface area contributed by atoms with Crippen molar-refractivity contribution in [3.05, 3.63) is 11.3 Å². The van der Waals surface area contributed by atoms with E-state index in [9.17, 15) is 0 Å². The average Bonchev–Trinajstić information content (AvgIpc) is 2.66. The van der Waals surface area contributed by atoms with Crippen LogP contribution in [-0.2, 0) is 0 Å². The highest BCUT2D eigenvalue weighted by atomic mass is 15.2. The maximum atomic E-state index is 2.73. The Morgan fingerprint density at radius 2 is 1.30 bits per heavy atom. The smallest absolute Gasteiger partial charge is 0.0349 e. The van der Waals surface area contributed by atoms with Gasteiger partial charge in [0.05, 0.1) is 0 Å². The molecule has 0 saturated heterocycles. The van der Waals surface area contributed by atoms with Crippen LogP contribution in [0.3, 0.4) is 0 Å². The molecule has 0 radical (unpaired) electrons. The predicted molar refractivity (Wildman–Crippen MR) is 86.7 cm³/mol. The molecule has 3 rings (SSSR count). The van der Waals surface area contributed by atoms with Gasteiger partial charge in [0.1, 0.15) is 0 Å². The van der Waals surface area contributed by atoms with Crippen molar-refractivity contribution >= 4 is 0 Å². The third-order valence-corrected chi connectivity index (χ3v) is 6.08. The number of rotatable bonds is 0. The van der Waals surface area contributed by atoms with E-state index >= 15 is 0 Å². The van der Waals surface area contributed by atoms with Crippen molar-refractivity contribution in [1.29, 1.82) is 0 Å². The first kappa shape index (κ1) is 14.5. The second-order valence-corrected chi connectivity index (χ2v) is 7.37. The molecule has 1 heteroatoms. The van der Waals surface area contributed by atoms with Gasteiger partial charge in [0, 0.05) is 24.7 Å². The van der Waals surface area contributed by atoms with Gasteiger partial charge in [0.2, 0.25) is 0 Å². The number of allylic oxidation sites excluding steroid dienone is 1. The molecular weight excluding hydrogens is 242 g/mol. The van der Waals surface area contributed by atoms with Crippen LogP contribution < -0.4 is 0 Å². The van der Waals surface area contributed by atoms with Crippen LogP contribution in [0.1, 0.15) is 89.9 Å². The molecule has 2 aliphatic carbocycles. The molecule has 0 aromatic carbocycles. The average molecular weight is 275 g/mol. The normalized spacial score (nSPS) is 33.1. The zero-order chi connectivity index (χ0) is 13.8. The minimum absolute atomic E-state index is 0.862. The summed E-state index contributed by atoms with van der Waals surface area (Å²) in [5.74, 6) is 0.926. The molecule has 0 amide bonds. The minimum Gasteiger partial charge on any atom is -0.374 e. The van der Waals surface area contributed by atoms with Gasteiger partial charge in [0.25, 0.3) is 0 Å². The van der Waals surface area contributed by atoms with Gasteiger partial charge in [-0.3, -0.25) is 0 Å². The molecule has 2 atom stereocenters. The van der Waals surface area contributed by atoms with Crippen molar-refractivity contribution < 1.29 is 0 Å². The Bertz CT molecular complexity index is 344. The lowest BCUT2D eigenvalue weighted by Gasteiger charge is -2.31. The van der Waals surface area contributed by atoms with E-state index in [4.69, 9.17) is 0 Å². The van der Waals surface area contributed by atoms with Crippen LogP contribution in [0.2, 0.25) is 0 Å². The van der Waals surface area contributed by atoms with Crippen molar-refractivity contribution in [1.82, 2.24) is 4.90 Å². The fourth-order valence-electron chi connectivity index (χ4n) is 4.96. The van der Waals surface area contributed by atoms with E-state index in [1.807, 2.05) is 5.57 Å². The third-order valence-electron chi connectivity index (χ3n) is 6.08. The molecule has 20 heavy (non-hydrogen) atoms. The standard InChI is InChI=1S/C19H33N/c1-20-18-14-10-5-3-2-4-8-12-16(18)17-13-9-6-7-11-15-19(17)20/h17,19H,2-15H2,1H3. The summed E-state index contributed by atoms with van der Waals surface area (Å²) in [6.07, 6.45) is 20.4. The molecule has 2 unspecified atom stereocenters. The van der Waals surface area contributed by atoms with Crippen molar-refractivity contribution in [3.8, 4) is 0 Å². The Labute approximate surface area is 125 Å². The third kappa shape index (κ3) is 3.07. The van der Waals surface area contributed by atoms with E-state index in [1.165, 1.54) is 89.9 Å². The highest BCUT2D eigenvalue weighted by Gasteiger charge is 2.37. The van der Waals surface area contributed by atoms with Crippen LogP contribution >= 0.6 is 0 Å². The van der Waals surface area contributed by atoms with E-state index in [2.05, 4.69) is 11.9 Å². The first-order valence-corrected chi connectivity index (χ1v) is 9.32. The number of hydrogen-bond acceptors (Lipinski definition) is 1. The predicted octanol–water partition coefficient (Wildman–Crippen LogP) is 5.66. The molecule has 0 aromatic heterocycles. The summed E-state index contributed by atoms with van der Waals surface area (Å²) >= 11 is 0. The van der Waals surface area contributed by atoms with Crippen LogP contribution in [0.25, 0.3) is 0 Å². The summed E-state index contributed by atoms with van der Waals surface area (Å²) in [4.78, 5) is 2.73. The van der Waals surface area contributed by atoms with Gasteiger partial charge in [-0.25, -0.2) is 0 Å². The lowest BCUT2D eigenvalue weighted by molar-refractivity contribution is 0.231. The molecule has 0 spiro atoms. The Balaban J connectivity index is 1.79. The topological polar surface area (TPSA) is 3.24 Å². The van der Waals surface area contributed by atoms with Crippen molar-refractivity contribution in [3.63, 3.8) is 0 Å². The second-order valence-electron chi connectivity index (χ2n) is 7.37. The van der Waals surface area contributed by atoms with Crippen LogP contribution in [0.4, 0.5) is 0 Å². The summed E-state index contributed by atoms with van der Waals surface area (Å²) in [7, 11) is 2.41. The molecule has 1 aliphatic heterocycles. The quantitative estimate of drug-likeness (QED) is 0.551.